The molecular weight excluding hydrogens is 482 g/mol. The van der Waals surface area contributed by atoms with Gasteiger partial charge in [-0.1, -0.05) is 56.3 Å². The number of aromatic nitrogens is 1. The number of amides is 1. The van der Waals surface area contributed by atoms with Crippen LogP contribution in [0.1, 0.15) is 58.6 Å². The van der Waals surface area contributed by atoms with Crippen molar-refractivity contribution in [2.75, 3.05) is 11.9 Å². The Morgan fingerprint density at radius 2 is 1.89 bits per heavy atom. The third-order valence-corrected chi connectivity index (χ3v) is 7.48. The highest BCUT2D eigenvalue weighted by molar-refractivity contribution is 7.16. The van der Waals surface area contributed by atoms with Crippen molar-refractivity contribution in [1.29, 1.82) is 5.26 Å². The lowest BCUT2D eigenvalue weighted by atomic mass is 10.1. The Labute approximate surface area is 220 Å². The van der Waals surface area contributed by atoms with Gasteiger partial charge in [0, 0.05) is 34.1 Å². The van der Waals surface area contributed by atoms with Crippen LogP contribution in [-0.4, -0.2) is 23.1 Å². The molecule has 0 aliphatic heterocycles. The van der Waals surface area contributed by atoms with E-state index in [1.807, 2.05) is 62.5 Å². The Morgan fingerprint density at radius 1 is 1.16 bits per heavy atom. The van der Waals surface area contributed by atoms with Crippen LogP contribution >= 0.6 is 11.3 Å². The van der Waals surface area contributed by atoms with Crippen molar-refractivity contribution in [3.8, 4) is 6.07 Å². The summed E-state index contributed by atoms with van der Waals surface area (Å²) in [5, 5.41) is 14.0. The van der Waals surface area contributed by atoms with E-state index in [1.165, 1.54) is 22.5 Å². The summed E-state index contributed by atoms with van der Waals surface area (Å²) < 4.78 is 7.30. The van der Waals surface area contributed by atoms with Crippen LogP contribution in [0.15, 0.2) is 66.4 Å². The predicted molar refractivity (Wildman–Crippen MR) is 149 cm³/mol. The number of nitriles is 1. The second-order valence-electron chi connectivity index (χ2n) is 9.05. The number of aryl methyl sites for hydroxylation is 1. The summed E-state index contributed by atoms with van der Waals surface area (Å²) >= 11 is 1.32. The average molecular weight is 512 g/mol. The van der Waals surface area contributed by atoms with E-state index in [4.69, 9.17) is 4.74 Å². The molecule has 4 aromatic rings. The van der Waals surface area contributed by atoms with Crippen LogP contribution in [0.4, 0.5) is 5.00 Å². The first-order valence-electron chi connectivity index (χ1n) is 12.2. The fraction of sp³-hybridized carbons (Fsp3) is 0.233. The molecule has 7 heteroatoms. The number of carbonyl (C=O) groups is 2. The van der Waals surface area contributed by atoms with E-state index in [9.17, 15) is 14.9 Å². The van der Waals surface area contributed by atoms with Gasteiger partial charge in [-0.2, -0.15) is 5.26 Å². The van der Waals surface area contributed by atoms with E-state index in [2.05, 4.69) is 28.9 Å². The zero-order valence-corrected chi connectivity index (χ0v) is 22.2. The number of nitrogens with one attached hydrogen (secondary N) is 1. The predicted octanol–water partition coefficient (Wildman–Crippen LogP) is 6.91. The van der Waals surface area contributed by atoms with Crippen LogP contribution in [0, 0.1) is 18.3 Å². The first-order valence-corrected chi connectivity index (χ1v) is 13.0. The Balaban J connectivity index is 1.68. The van der Waals surface area contributed by atoms with E-state index in [0.29, 0.717) is 17.1 Å². The van der Waals surface area contributed by atoms with Crippen LogP contribution in [0.5, 0.6) is 0 Å². The van der Waals surface area contributed by atoms with Crippen molar-refractivity contribution in [2.45, 2.75) is 40.2 Å². The number of para-hydroxylation sites is 1. The van der Waals surface area contributed by atoms with Crippen molar-refractivity contribution in [1.82, 2.24) is 4.57 Å². The molecule has 0 aliphatic carbocycles. The molecule has 0 aliphatic rings. The molecule has 0 radical (unpaired) electrons. The normalized spacial score (nSPS) is 11.5. The zero-order chi connectivity index (χ0) is 26.5. The molecule has 1 N–H and O–H groups in total. The fourth-order valence-electron chi connectivity index (χ4n) is 4.11. The number of anilines is 1. The molecule has 0 unspecified atom stereocenters. The summed E-state index contributed by atoms with van der Waals surface area (Å²) in [4.78, 5) is 26.6. The minimum absolute atomic E-state index is 0.0481. The maximum Gasteiger partial charge on any atom is 0.341 e. The molecule has 0 saturated carbocycles. The average Bonchev–Trinajstić information content (AvgIpc) is 3.46. The molecule has 2 heterocycles. The van der Waals surface area contributed by atoms with Crippen molar-refractivity contribution in [3.05, 3.63) is 93.5 Å². The summed E-state index contributed by atoms with van der Waals surface area (Å²) in [6, 6.07) is 19.9. The van der Waals surface area contributed by atoms with Gasteiger partial charge in [-0.3, -0.25) is 4.79 Å². The maximum absolute atomic E-state index is 13.2. The number of hydrogen-bond acceptors (Lipinski definition) is 5. The zero-order valence-electron chi connectivity index (χ0n) is 21.4. The second kappa shape index (κ2) is 11.3. The number of nitrogens with zero attached hydrogens (tertiary/aromatic N) is 2. The van der Waals surface area contributed by atoms with Crippen molar-refractivity contribution in [2.24, 2.45) is 0 Å². The summed E-state index contributed by atoms with van der Waals surface area (Å²) in [7, 11) is 0. The first-order chi connectivity index (χ1) is 17.8. The minimum Gasteiger partial charge on any atom is -0.462 e. The molecule has 0 atom stereocenters. The highest BCUT2D eigenvalue weighted by Crippen LogP contribution is 2.34. The van der Waals surface area contributed by atoms with Gasteiger partial charge in [-0.15, -0.1) is 11.3 Å². The van der Waals surface area contributed by atoms with E-state index in [0.717, 1.165) is 21.3 Å². The van der Waals surface area contributed by atoms with Gasteiger partial charge in [-0.25, -0.2) is 4.79 Å². The van der Waals surface area contributed by atoms with Gasteiger partial charge in [0.25, 0.3) is 5.91 Å². The highest BCUT2D eigenvalue weighted by Gasteiger charge is 2.22. The lowest BCUT2D eigenvalue weighted by Crippen LogP contribution is -2.15. The Bertz CT molecular complexity index is 1540. The first kappa shape index (κ1) is 25.9. The monoisotopic (exact) mass is 511 g/mol. The Morgan fingerprint density at radius 3 is 2.59 bits per heavy atom. The topological polar surface area (TPSA) is 84.1 Å². The van der Waals surface area contributed by atoms with Crippen LogP contribution in [-0.2, 0) is 16.1 Å². The maximum atomic E-state index is 13.2. The minimum atomic E-state index is -0.569. The SMILES string of the molecule is CCOC(=O)c1cc(C(C)C)sc1NC(=O)/C(C#N)=C/c1cn(Cc2ccccc2C)c2ccccc12. The molecule has 2 aromatic heterocycles. The largest absolute Gasteiger partial charge is 0.462 e. The van der Waals surface area contributed by atoms with Gasteiger partial charge >= 0.3 is 5.97 Å². The molecule has 0 bridgehead atoms. The van der Waals surface area contributed by atoms with E-state index < -0.39 is 11.9 Å². The third kappa shape index (κ3) is 5.65. The number of esters is 1. The molecule has 2 aromatic carbocycles. The van der Waals surface area contributed by atoms with Gasteiger partial charge in [0.15, 0.2) is 0 Å². The number of benzene rings is 2. The highest BCUT2D eigenvalue weighted by atomic mass is 32.1. The van der Waals surface area contributed by atoms with Gasteiger partial charge in [0.05, 0.1) is 12.2 Å². The van der Waals surface area contributed by atoms with Crippen LogP contribution < -0.4 is 5.32 Å². The third-order valence-electron chi connectivity index (χ3n) is 6.13. The molecular formula is C30H29N3O3S. The number of hydrogen-bond donors (Lipinski definition) is 1. The molecule has 37 heavy (non-hydrogen) atoms. The molecule has 188 valence electrons. The van der Waals surface area contributed by atoms with Crippen molar-refractivity contribution in [3.63, 3.8) is 0 Å². The van der Waals surface area contributed by atoms with Crippen molar-refractivity contribution < 1.29 is 14.3 Å². The smallest absolute Gasteiger partial charge is 0.341 e. The van der Waals surface area contributed by atoms with Gasteiger partial charge < -0.3 is 14.6 Å². The second-order valence-corrected chi connectivity index (χ2v) is 10.1. The molecule has 0 fully saturated rings. The van der Waals surface area contributed by atoms with Gasteiger partial charge in [0.1, 0.15) is 16.6 Å². The van der Waals surface area contributed by atoms with Gasteiger partial charge in [0.2, 0.25) is 0 Å². The lowest BCUT2D eigenvalue weighted by molar-refractivity contribution is -0.112. The molecule has 0 spiro atoms. The Hall–Kier alpha value is -4.15. The summed E-state index contributed by atoms with van der Waals surface area (Å²) in [5.74, 6) is -0.891. The van der Waals surface area contributed by atoms with Crippen LogP contribution in [0.3, 0.4) is 0 Å². The van der Waals surface area contributed by atoms with E-state index in [-0.39, 0.29) is 18.1 Å². The summed E-state index contributed by atoms with van der Waals surface area (Å²) in [6.45, 7) is 8.75. The standard InChI is InChI=1S/C30H29N3O3S/c1-5-36-30(35)25-15-27(19(2)3)37-29(25)32-28(34)22(16-31)14-23-18-33(26-13-9-8-12-24(23)26)17-21-11-7-6-10-20(21)4/h6-15,18-19H,5,17H2,1-4H3,(H,32,34)/b22-14+. The van der Waals surface area contributed by atoms with Gasteiger partial charge in [-0.05, 0) is 49.1 Å². The number of ether oxygens (including phenoxy) is 1. The number of fused-ring (bicyclic) bond motifs is 1. The summed E-state index contributed by atoms with van der Waals surface area (Å²) in [6.07, 6.45) is 3.57. The number of thiophene rings is 1. The quantitative estimate of drug-likeness (QED) is 0.158. The fourth-order valence-corrected chi connectivity index (χ4v) is 5.16. The van der Waals surface area contributed by atoms with E-state index in [1.54, 1.807) is 19.1 Å². The summed E-state index contributed by atoms with van der Waals surface area (Å²) in [5.41, 5.74) is 4.43. The molecule has 1 amide bonds. The van der Waals surface area contributed by atoms with Crippen molar-refractivity contribution >= 4 is 45.2 Å². The van der Waals surface area contributed by atoms with Crippen LogP contribution in [0.25, 0.3) is 17.0 Å². The molecule has 4 rings (SSSR count). The number of rotatable bonds is 8. The number of carbonyl (C=O) groups excluding carboxylic acids is 2. The lowest BCUT2D eigenvalue weighted by Gasteiger charge is -2.08. The van der Waals surface area contributed by atoms with E-state index >= 15 is 0 Å². The Kier molecular flexibility index (Phi) is 7.90. The molecule has 6 nitrogen and oxygen atoms in total. The molecule has 0 saturated heterocycles. The van der Waals surface area contributed by atoms with Crippen LogP contribution in [0.2, 0.25) is 0 Å².